The number of fused-ring (bicyclic) bond motifs is 2. The van der Waals surface area contributed by atoms with E-state index in [9.17, 15) is 4.79 Å². The van der Waals surface area contributed by atoms with E-state index in [-0.39, 0.29) is 5.91 Å². The number of amides is 1. The second-order valence-corrected chi connectivity index (χ2v) is 6.81. The maximum absolute atomic E-state index is 12.0. The van der Waals surface area contributed by atoms with Crippen LogP contribution in [0.25, 0.3) is 0 Å². The largest absolute Gasteiger partial charge is 0.353 e. The summed E-state index contributed by atoms with van der Waals surface area (Å²) in [5.41, 5.74) is 0. The van der Waals surface area contributed by atoms with Crippen LogP contribution in [0.5, 0.6) is 0 Å². The van der Waals surface area contributed by atoms with Gasteiger partial charge in [0.15, 0.2) is 0 Å². The molecule has 2 heterocycles. The van der Waals surface area contributed by atoms with Gasteiger partial charge in [-0.15, -0.1) is 0 Å². The predicted octanol–water partition coefficient (Wildman–Crippen LogP) is 2.46. The summed E-state index contributed by atoms with van der Waals surface area (Å²) in [6.07, 6.45) is 6.67. The molecule has 3 unspecified atom stereocenters. The lowest BCUT2D eigenvalue weighted by atomic mass is 9.95. The summed E-state index contributed by atoms with van der Waals surface area (Å²) in [4.78, 5) is 12.0. The highest BCUT2D eigenvalue weighted by Gasteiger charge is 2.33. The van der Waals surface area contributed by atoms with Gasteiger partial charge in [-0.1, -0.05) is 20.8 Å². The summed E-state index contributed by atoms with van der Waals surface area (Å²) in [6.45, 7) is 6.63. The quantitative estimate of drug-likeness (QED) is 0.789. The van der Waals surface area contributed by atoms with Crippen LogP contribution in [0, 0.1) is 11.8 Å². The molecule has 2 N–H and O–H groups in total. The minimum Gasteiger partial charge on any atom is -0.353 e. The van der Waals surface area contributed by atoms with E-state index in [0.29, 0.717) is 36.4 Å². The zero-order valence-electron chi connectivity index (χ0n) is 12.0. The molecule has 0 spiro atoms. The third-order valence-electron chi connectivity index (χ3n) is 4.25. The average molecular weight is 252 g/mol. The molecule has 2 aliphatic rings. The first kappa shape index (κ1) is 13.9. The first-order valence-corrected chi connectivity index (χ1v) is 7.58. The number of nitrogens with one attached hydrogen (secondary N) is 2. The minimum absolute atomic E-state index is 0.259. The molecule has 1 amide bonds. The molecule has 104 valence electrons. The molecule has 2 fully saturated rings. The van der Waals surface area contributed by atoms with Gasteiger partial charge in [0.25, 0.3) is 0 Å². The van der Waals surface area contributed by atoms with Crippen LogP contribution in [0.4, 0.5) is 0 Å². The zero-order valence-corrected chi connectivity index (χ0v) is 12.0. The van der Waals surface area contributed by atoms with E-state index in [1.54, 1.807) is 0 Å². The highest BCUT2D eigenvalue weighted by atomic mass is 16.1. The SMILES string of the molecule is CC(C)CC(C)CC(=O)NC1CC2CCC(C1)N2. The van der Waals surface area contributed by atoms with Crippen molar-refractivity contribution in [3.8, 4) is 0 Å². The monoisotopic (exact) mass is 252 g/mol. The molecule has 3 atom stereocenters. The maximum atomic E-state index is 12.0. The van der Waals surface area contributed by atoms with Crippen molar-refractivity contribution in [2.45, 2.75) is 77.4 Å². The van der Waals surface area contributed by atoms with Gasteiger partial charge in [0, 0.05) is 24.5 Å². The molecule has 3 heteroatoms. The molecule has 0 aliphatic carbocycles. The van der Waals surface area contributed by atoms with Crippen LogP contribution < -0.4 is 10.6 Å². The maximum Gasteiger partial charge on any atom is 0.220 e. The Hall–Kier alpha value is -0.570. The summed E-state index contributed by atoms with van der Waals surface area (Å²) >= 11 is 0. The number of piperidine rings is 1. The Morgan fingerprint density at radius 1 is 1.22 bits per heavy atom. The van der Waals surface area contributed by atoms with E-state index in [0.717, 1.165) is 19.3 Å². The molecule has 18 heavy (non-hydrogen) atoms. The van der Waals surface area contributed by atoms with Crippen LogP contribution in [0.2, 0.25) is 0 Å². The molecular formula is C15H28N2O. The number of rotatable bonds is 5. The molecule has 0 aromatic carbocycles. The molecule has 0 aromatic heterocycles. The fraction of sp³-hybridized carbons (Fsp3) is 0.933. The van der Waals surface area contributed by atoms with Crippen molar-refractivity contribution in [1.82, 2.24) is 10.6 Å². The van der Waals surface area contributed by atoms with E-state index in [4.69, 9.17) is 0 Å². The van der Waals surface area contributed by atoms with E-state index in [2.05, 4.69) is 31.4 Å². The first-order valence-electron chi connectivity index (χ1n) is 7.58. The van der Waals surface area contributed by atoms with Crippen molar-refractivity contribution < 1.29 is 4.79 Å². The van der Waals surface area contributed by atoms with Gasteiger partial charge in [0.1, 0.15) is 0 Å². The van der Waals surface area contributed by atoms with E-state index >= 15 is 0 Å². The first-order chi connectivity index (χ1) is 8.52. The molecule has 2 rings (SSSR count). The molecular weight excluding hydrogens is 224 g/mol. The van der Waals surface area contributed by atoms with Gasteiger partial charge in [0.2, 0.25) is 5.91 Å². The van der Waals surface area contributed by atoms with Crippen molar-refractivity contribution >= 4 is 5.91 Å². The molecule has 2 bridgehead atoms. The highest BCUT2D eigenvalue weighted by Crippen LogP contribution is 2.27. The van der Waals surface area contributed by atoms with Gasteiger partial charge in [-0.2, -0.15) is 0 Å². The second kappa shape index (κ2) is 6.05. The highest BCUT2D eigenvalue weighted by molar-refractivity contribution is 5.76. The average Bonchev–Trinajstić information content (AvgIpc) is 2.56. The van der Waals surface area contributed by atoms with Crippen LogP contribution >= 0.6 is 0 Å². The standard InChI is InChI=1S/C15H28N2O/c1-10(2)6-11(3)7-15(18)17-14-8-12-4-5-13(9-14)16-12/h10-14,16H,4-9H2,1-3H3,(H,17,18). The zero-order chi connectivity index (χ0) is 13.1. The number of carbonyl (C=O) groups excluding carboxylic acids is 1. The molecule has 3 nitrogen and oxygen atoms in total. The molecule has 2 aliphatic heterocycles. The number of hydrogen-bond acceptors (Lipinski definition) is 2. The Kier molecular flexibility index (Phi) is 4.66. The Labute approximate surface area is 111 Å². The summed E-state index contributed by atoms with van der Waals surface area (Å²) in [6, 6.07) is 1.73. The van der Waals surface area contributed by atoms with Gasteiger partial charge in [-0.05, 0) is 43.9 Å². The van der Waals surface area contributed by atoms with E-state index < -0.39 is 0 Å². The third kappa shape index (κ3) is 3.98. The van der Waals surface area contributed by atoms with Gasteiger partial charge in [0.05, 0.1) is 0 Å². The van der Waals surface area contributed by atoms with Crippen molar-refractivity contribution in [2.75, 3.05) is 0 Å². The fourth-order valence-electron chi connectivity index (χ4n) is 3.67. The van der Waals surface area contributed by atoms with Gasteiger partial charge >= 0.3 is 0 Å². The van der Waals surface area contributed by atoms with Crippen molar-refractivity contribution in [1.29, 1.82) is 0 Å². The topological polar surface area (TPSA) is 41.1 Å². The molecule has 0 radical (unpaired) electrons. The Bertz CT molecular complexity index is 278. The van der Waals surface area contributed by atoms with Crippen LogP contribution in [0.15, 0.2) is 0 Å². The summed E-state index contributed by atoms with van der Waals surface area (Å²) < 4.78 is 0. The lowest BCUT2D eigenvalue weighted by molar-refractivity contribution is -0.122. The lowest BCUT2D eigenvalue weighted by Gasteiger charge is -2.30. The number of carbonyl (C=O) groups is 1. The van der Waals surface area contributed by atoms with Gasteiger partial charge < -0.3 is 10.6 Å². The van der Waals surface area contributed by atoms with Crippen LogP contribution in [-0.2, 0) is 4.79 Å². The van der Waals surface area contributed by atoms with Crippen LogP contribution in [0.1, 0.15) is 59.3 Å². The normalized spacial score (nSPS) is 32.6. The van der Waals surface area contributed by atoms with Crippen molar-refractivity contribution in [2.24, 2.45) is 11.8 Å². The molecule has 0 aromatic rings. The van der Waals surface area contributed by atoms with E-state index in [1.807, 2.05) is 0 Å². The predicted molar refractivity (Wildman–Crippen MR) is 74.3 cm³/mol. The minimum atomic E-state index is 0.259. The van der Waals surface area contributed by atoms with Gasteiger partial charge in [-0.25, -0.2) is 0 Å². The van der Waals surface area contributed by atoms with Gasteiger partial charge in [-0.3, -0.25) is 4.79 Å². The fourth-order valence-corrected chi connectivity index (χ4v) is 3.67. The van der Waals surface area contributed by atoms with Crippen molar-refractivity contribution in [3.05, 3.63) is 0 Å². The lowest BCUT2D eigenvalue weighted by Crippen LogP contribution is -2.48. The Morgan fingerprint density at radius 2 is 1.83 bits per heavy atom. The third-order valence-corrected chi connectivity index (χ3v) is 4.25. The Morgan fingerprint density at radius 3 is 2.39 bits per heavy atom. The molecule has 2 saturated heterocycles. The van der Waals surface area contributed by atoms with Crippen LogP contribution in [0.3, 0.4) is 0 Å². The van der Waals surface area contributed by atoms with Crippen LogP contribution in [-0.4, -0.2) is 24.0 Å². The summed E-state index contributed by atoms with van der Waals surface area (Å²) in [7, 11) is 0. The second-order valence-electron chi connectivity index (χ2n) is 6.81. The van der Waals surface area contributed by atoms with Crippen molar-refractivity contribution in [3.63, 3.8) is 0 Å². The summed E-state index contributed by atoms with van der Waals surface area (Å²) in [5, 5.41) is 6.85. The smallest absolute Gasteiger partial charge is 0.220 e. The number of hydrogen-bond donors (Lipinski definition) is 2. The van der Waals surface area contributed by atoms with E-state index in [1.165, 1.54) is 12.8 Å². The Balaban J connectivity index is 1.71. The summed E-state index contributed by atoms with van der Waals surface area (Å²) in [5.74, 6) is 1.44. The molecule has 0 saturated carbocycles.